The summed E-state index contributed by atoms with van der Waals surface area (Å²) in [6.45, 7) is 3.56. The highest BCUT2D eigenvalue weighted by molar-refractivity contribution is 6.47. The predicted octanol–water partition coefficient (Wildman–Crippen LogP) is 2.74. The molecule has 2 aromatic carbocycles. The second-order valence-corrected chi connectivity index (χ2v) is 6.40. The molecule has 2 atom stereocenters. The molecule has 0 aliphatic carbocycles. The Morgan fingerprint density at radius 2 is 1.71 bits per heavy atom. The van der Waals surface area contributed by atoms with E-state index in [9.17, 15) is 24.5 Å². The maximum atomic E-state index is 12.7. The smallest absolute Gasteiger partial charge is 0.319 e. The van der Waals surface area contributed by atoms with Gasteiger partial charge in [0, 0.05) is 17.8 Å². The minimum atomic E-state index is -1.34. The second kappa shape index (κ2) is 7.59. The van der Waals surface area contributed by atoms with Crippen molar-refractivity contribution in [2.45, 2.75) is 19.9 Å². The zero-order chi connectivity index (χ0) is 20.4. The van der Waals surface area contributed by atoms with Crippen LogP contribution in [0.25, 0.3) is 0 Å². The SMILES string of the molecule is CCOC(=O)[C@@H]1C(=O)C(=O)N(c2ccc(C)cc2)[C@H]1c1ccc([N+](=O)[O-])cc1. The fraction of sp³-hybridized carbons (Fsp3) is 0.250. The Balaban J connectivity index is 2.11. The van der Waals surface area contributed by atoms with E-state index in [1.165, 1.54) is 29.2 Å². The van der Waals surface area contributed by atoms with Gasteiger partial charge in [0.05, 0.1) is 17.6 Å². The first-order chi connectivity index (χ1) is 13.3. The Labute approximate surface area is 160 Å². The van der Waals surface area contributed by atoms with Crippen molar-refractivity contribution < 1.29 is 24.0 Å². The van der Waals surface area contributed by atoms with Crippen molar-refractivity contribution in [3.8, 4) is 0 Å². The number of Topliss-reactive ketones (excluding diaryl/α,β-unsaturated/α-hetero) is 1. The van der Waals surface area contributed by atoms with Crippen molar-refractivity contribution in [2.75, 3.05) is 11.5 Å². The molecule has 0 radical (unpaired) electrons. The van der Waals surface area contributed by atoms with Crippen molar-refractivity contribution in [1.82, 2.24) is 0 Å². The first-order valence-electron chi connectivity index (χ1n) is 8.70. The van der Waals surface area contributed by atoms with Gasteiger partial charge < -0.3 is 4.74 Å². The van der Waals surface area contributed by atoms with E-state index in [-0.39, 0.29) is 12.3 Å². The number of amides is 1. The molecule has 0 unspecified atom stereocenters. The van der Waals surface area contributed by atoms with Crippen LogP contribution in [0.2, 0.25) is 0 Å². The number of aryl methyl sites for hydroxylation is 1. The lowest BCUT2D eigenvalue weighted by atomic mass is 9.92. The fourth-order valence-corrected chi connectivity index (χ4v) is 3.26. The van der Waals surface area contributed by atoms with Gasteiger partial charge in [-0.1, -0.05) is 29.8 Å². The lowest BCUT2D eigenvalue weighted by molar-refractivity contribution is -0.384. The standard InChI is InChI=1S/C20H18N2O6/c1-3-28-20(25)16-17(13-6-10-15(11-7-13)22(26)27)21(19(24)18(16)23)14-8-4-12(2)5-9-14/h4-11,16-17H,3H2,1-2H3/t16-,17-/m0/s1. The summed E-state index contributed by atoms with van der Waals surface area (Å²) in [6.07, 6.45) is 0. The molecule has 8 nitrogen and oxygen atoms in total. The van der Waals surface area contributed by atoms with Gasteiger partial charge >= 0.3 is 5.97 Å². The van der Waals surface area contributed by atoms with Crippen molar-refractivity contribution in [3.05, 3.63) is 69.8 Å². The molecule has 2 aromatic rings. The fourth-order valence-electron chi connectivity index (χ4n) is 3.26. The molecule has 0 N–H and O–H groups in total. The number of nitro groups is 1. The number of benzene rings is 2. The van der Waals surface area contributed by atoms with E-state index in [2.05, 4.69) is 0 Å². The molecule has 1 fully saturated rings. The van der Waals surface area contributed by atoms with E-state index in [0.29, 0.717) is 11.3 Å². The number of rotatable bonds is 5. The van der Waals surface area contributed by atoms with E-state index >= 15 is 0 Å². The van der Waals surface area contributed by atoms with E-state index < -0.39 is 34.5 Å². The Kier molecular flexibility index (Phi) is 5.21. The number of anilines is 1. The first-order valence-corrected chi connectivity index (χ1v) is 8.70. The number of hydrogen-bond acceptors (Lipinski definition) is 6. The van der Waals surface area contributed by atoms with Crippen molar-refractivity contribution in [2.24, 2.45) is 5.92 Å². The zero-order valence-corrected chi connectivity index (χ0v) is 15.3. The van der Waals surface area contributed by atoms with Crippen LogP contribution < -0.4 is 4.90 Å². The first kappa shape index (κ1) is 19.2. The molecule has 0 aromatic heterocycles. The topological polar surface area (TPSA) is 107 Å². The molecule has 0 spiro atoms. The van der Waals surface area contributed by atoms with Gasteiger partial charge in [0.1, 0.15) is 5.92 Å². The van der Waals surface area contributed by atoms with Crippen LogP contribution in [0.5, 0.6) is 0 Å². The Morgan fingerprint density at radius 1 is 1.11 bits per heavy atom. The number of esters is 1. The van der Waals surface area contributed by atoms with Crippen molar-refractivity contribution in [3.63, 3.8) is 0 Å². The highest BCUT2D eigenvalue weighted by Crippen LogP contribution is 2.40. The minimum absolute atomic E-state index is 0.0638. The van der Waals surface area contributed by atoms with E-state index in [0.717, 1.165) is 5.56 Å². The predicted molar refractivity (Wildman–Crippen MR) is 99.6 cm³/mol. The van der Waals surface area contributed by atoms with Gasteiger partial charge in [-0.3, -0.25) is 29.4 Å². The number of ether oxygens (including phenoxy) is 1. The lowest BCUT2D eigenvalue weighted by Crippen LogP contribution is -2.31. The summed E-state index contributed by atoms with van der Waals surface area (Å²) in [5.41, 5.74) is 1.73. The van der Waals surface area contributed by atoms with Crippen LogP contribution in [0.3, 0.4) is 0 Å². The number of hydrogen-bond donors (Lipinski definition) is 0. The zero-order valence-electron chi connectivity index (χ0n) is 15.3. The molecule has 28 heavy (non-hydrogen) atoms. The van der Waals surface area contributed by atoms with E-state index in [1.807, 2.05) is 6.92 Å². The molecule has 1 aliphatic heterocycles. The lowest BCUT2D eigenvalue weighted by Gasteiger charge is -2.27. The maximum Gasteiger partial charge on any atom is 0.319 e. The molecule has 144 valence electrons. The van der Waals surface area contributed by atoms with Crippen LogP contribution >= 0.6 is 0 Å². The normalized spacial score (nSPS) is 19.0. The number of non-ortho nitro benzene ring substituents is 1. The number of nitro benzene ring substituents is 1. The number of carbonyl (C=O) groups is 3. The van der Waals surface area contributed by atoms with Gasteiger partial charge in [0.2, 0.25) is 5.78 Å². The number of nitrogens with zero attached hydrogens (tertiary/aromatic N) is 2. The second-order valence-electron chi connectivity index (χ2n) is 6.40. The van der Waals surface area contributed by atoms with Crippen LogP contribution in [0.4, 0.5) is 11.4 Å². The number of carbonyl (C=O) groups excluding carboxylic acids is 3. The molecule has 8 heteroatoms. The molecule has 0 bridgehead atoms. The molecule has 3 rings (SSSR count). The van der Waals surface area contributed by atoms with Crippen LogP contribution in [0.15, 0.2) is 48.5 Å². The molecule has 1 saturated heterocycles. The summed E-state index contributed by atoms with van der Waals surface area (Å²) in [5.74, 6) is -3.80. The third-order valence-corrected chi connectivity index (χ3v) is 4.60. The third kappa shape index (κ3) is 3.36. The summed E-state index contributed by atoms with van der Waals surface area (Å²) in [4.78, 5) is 49.5. The van der Waals surface area contributed by atoms with Gasteiger partial charge in [-0.25, -0.2) is 0 Å². The summed E-state index contributed by atoms with van der Waals surface area (Å²) in [7, 11) is 0. The van der Waals surface area contributed by atoms with Crippen LogP contribution in [-0.2, 0) is 19.1 Å². The van der Waals surface area contributed by atoms with Gasteiger partial charge in [-0.2, -0.15) is 0 Å². The average molecular weight is 382 g/mol. The Bertz CT molecular complexity index is 936. The van der Waals surface area contributed by atoms with Crippen molar-refractivity contribution in [1.29, 1.82) is 0 Å². The van der Waals surface area contributed by atoms with Gasteiger partial charge in [0.15, 0.2) is 0 Å². The van der Waals surface area contributed by atoms with Crippen molar-refractivity contribution >= 4 is 29.0 Å². The van der Waals surface area contributed by atoms with Gasteiger partial charge in [-0.05, 0) is 31.5 Å². The Hall–Kier alpha value is -3.55. The van der Waals surface area contributed by atoms with Gasteiger partial charge in [-0.15, -0.1) is 0 Å². The van der Waals surface area contributed by atoms with Crippen LogP contribution in [-0.4, -0.2) is 29.2 Å². The van der Waals surface area contributed by atoms with Crippen LogP contribution in [0.1, 0.15) is 24.1 Å². The summed E-state index contributed by atoms with van der Waals surface area (Å²) >= 11 is 0. The Morgan fingerprint density at radius 3 is 2.25 bits per heavy atom. The highest BCUT2D eigenvalue weighted by atomic mass is 16.6. The summed E-state index contributed by atoms with van der Waals surface area (Å²) < 4.78 is 5.01. The molecule has 1 amide bonds. The molecular formula is C20H18N2O6. The highest BCUT2D eigenvalue weighted by Gasteiger charge is 2.53. The quantitative estimate of drug-likeness (QED) is 0.259. The number of ketones is 1. The molecular weight excluding hydrogens is 364 g/mol. The summed E-state index contributed by atoms with van der Waals surface area (Å²) in [5, 5.41) is 10.9. The van der Waals surface area contributed by atoms with E-state index in [1.54, 1.807) is 31.2 Å². The molecule has 1 aliphatic rings. The molecule has 0 saturated carbocycles. The summed E-state index contributed by atoms with van der Waals surface area (Å²) in [6, 6.07) is 11.5. The third-order valence-electron chi connectivity index (χ3n) is 4.60. The largest absolute Gasteiger partial charge is 0.465 e. The molecule has 1 heterocycles. The van der Waals surface area contributed by atoms with E-state index in [4.69, 9.17) is 4.74 Å². The van der Waals surface area contributed by atoms with Crippen LogP contribution in [0, 0.1) is 23.0 Å². The average Bonchev–Trinajstić information content (AvgIpc) is 2.94. The van der Waals surface area contributed by atoms with Gasteiger partial charge in [0.25, 0.3) is 11.6 Å². The monoisotopic (exact) mass is 382 g/mol. The minimum Gasteiger partial charge on any atom is -0.465 e. The maximum absolute atomic E-state index is 12.7.